The summed E-state index contributed by atoms with van der Waals surface area (Å²) in [6.45, 7) is 0. The maximum absolute atomic E-state index is 6.33. The molecular formula is C18H25N3. The molecule has 0 saturated heterocycles. The Morgan fingerprint density at radius 3 is 1.62 bits per heavy atom. The van der Waals surface area contributed by atoms with Crippen LogP contribution in [-0.2, 0) is 6.42 Å². The highest BCUT2D eigenvalue weighted by molar-refractivity contribution is 5.48. The van der Waals surface area contributed by atoms with E-state index >= 15 is 0 Å². The molecule has 0 radical (unpaired) electrons. The van der Waals surface area contributed by atoms with Crippen molar-refractivity contribution in [3.8, 4) is 0 Å². The first-order chi connectivity index (χ1) is 9.97. The van der Waals surface area contributed by atoms with Crippen molar-refractivity contribution in [2.45, 2.75) is 12.5 Å². The van der Waals surface area contributed by atoms with E-state index in [1.807, 2.05) is 28.2 Å². The molecule has 0 amide bonds. The Bertz CT molecular complexity index is 556. The fourth-order valence-electron chi connectivity index (χ4n) is 2.32. The van der Waals surface area contributed by atoms with Crippen molar-refractivity contribution >= 4 is 11.4 Å². The van der Waals surface area contributed by atoms with E-state index in [4.69, 9.17) is 5.73 Å². The summed E-state index contributed by atoms with van der Waals surface area (Å²) in [6.07, 6.45) is 0.856. The van der Waals surface area contributed by atoms with Crippen molar-refractivity contribution in [3.63, 3.8) is 0 Å². The molecule has 112 valence electrons. The molecule has 0 aliphatic carbocycles. The number of benzene rings is 2. The Balaban J connectivity index is 2.04. The zero-order valence-corrected chi connectivity index (χ0v) is 13.4. The van der Waals surface area contributed by atoms with Crippen LogP contribution >= 0.6 is 0 Å². The van der Waals surface area contributed by atoms with E-state index < -0.39 is 0 Å². The molecule has 0 fully saturated rings. The lowest BCUT2D eigenvalue weighted by Gasteiger charge is -2.17. The molecule has 2 aromatic rings. The van der Waals surface area contributed by atoms with E-state index in [2.05, 4.69) is 58.3 Å². The van der Waals surface area contributed by atoms with Gasteiger partial charge >= 0.3 is 0 Å². The first-order valence-corrected chi connectivity index (χ1v) is 7.26. The predicted molar refractivity (Wildman–Crippen MR) is 92.2 cm³/mol. The largest absolute Gasteiger partial charge is 0.378 e. The molecule has 3 nitrogen and oxygen atoms in total. The maximum Gasteiger partial charge on any atom is 0.0361 e. The summed E-state index contributed by atoms with van der Waals surface area (Å²) in [7, 11) is 8.18. The van der Waals surface area contributed by atoms with E-state index in [1.54, 1.807) is 0 Å². The fourth-order valence-corrected chi connectivity index (χ4v) is 2.32. The summed E-state index contributed by atoms with van der Waals surface area (Å²) in [4.78, 5) is 4.19. The number of anilines is 2. The highest BCUT2D eigenvalue weighted by Crippen LogP contribution is 2.21. The third-order valence-electron chi connectivity index (χ3n) is 3.75. The summed E-state index contributed by atoms with van der Waals surface area (Å²) < 4.78 is 0. The minimum atomic E-state index is 0.0337. The molecule has 1 unspecified atom stereocenters. The average Bonchev–Trinajstić information content (AvgIpc) is 2.47. The number of hydrogen-bond donors (Lipinski definition) is 1. The third kappa shape index (κ3) is 3.99. The van der Waals surface area contributed by atoms with E-state index in [1.165, 1.54) is 22.5 Å². The van der Waals surface area contributed by atoms with Crippen molar-refractivity contribution < 1.29 is 0 Å². The third-order valence-corrected chi connectivity index (χ3v) is 3.75. The molecule has 21 heavy (non-hydrogen) atoms. The van der Waals surface area contributed by atoms with Gasteiger partial charge in [0.25, 0.3) is 0 Å². The Kier molecular flexibility index (Phi) is 4.86. The Labute approximate surface area is 128 Å². The Morgan fingerprint density at radius 2 is 1.19 bits per heavy atom. The van der Waals surface area contributed by atoms with Crippen molar-refractivity contribution in [2.75, 3.05) is 38.0 Å². The van der Waals surface area contributed by atoms with Gasteiger partial charge in [-0.25, -0.2) is 0 Å². The van der Waals surface area contributed by atoms with Crippen molar-refractivity contribution in [3.05, 3.63) is 59.7 Å². The second kappa shape index (κ2) is 6.64. The lowest BCUT2D eigenvalue weighted by Crippen LogP contribution is -2.14. The van der Waals surface area contributed by atoms with Crippen LogP contribution in [0, 0.1) is 0 Å². The van der Waals surface area contributed by atoms with Gasteiger partial charge < -0.3 is 15.5 Å². The number of nitrogens with zero attached hydrogens (tertiary/aromatic N) is 2. The summed E-state index contributed by atoms with van der Waals surface area (Å²) >= 11 is 0. The van der Waals surface area contributed by atoms with Gasteiger partial charge in [0.1, 0.15) is 0 Å². The monoisotopic (exact) mass is 283 g/mol. The molecule has 0 spiro atoms. The zero-order valence-electron chi connectivity index (χ0n) is 13.4. The second-order valence-corrected chi connectivity index (χ2v) is 5.86. The summed E-state index contributed by atoms with van der Waals surface area (Å²) in [6, 6.07) is 17.1. The van der Waals surface area contributed by atoms with Crippen LogP contribution in [0.15, 0.2) is 48.5 Å². The van der Waals surface area contributed by atoms with E-state index in [0.29, 0.717) is 0 Å². The molecule has 0 heterocycles. The van der Waals surface area contributed by atoms with Crippen LogP contribution in [0.2, 0.25) is 0 Å². The maximum atomic E-state index is 6.33. The van der Waals surface area contributed by atoms with Gasteiger partial charge in [-0.2, -0.15) is 0 Å². The normalized spacial score (nSPS) is 12.0. The molecule has 2 N–H and O–H groups in total. The van der Waals surface area contributed by atoms with Crippen LogP contribution in [0.1, 0.15) is 17.2 Å². The molecule has 2 aromatic carbocycles. The van der Waals surface area contributed by atoms with Gasteiger partial charge in [0.2, 0.25) is 0 Å². The van der Waals surface area contributed by atoms with Crippen molar-refractivity contribution in [2.24, 2.45) is 5.73 Å². The van der Waals surface area contributed by atoms with Crippen LogP contribution in [0.25, 0.3) is 0 Å². The van der Waals surface area contributed by atoms with Gasteiger partial charge in [-0.15, -0.1) is 0 Å². The van der Waals surface area contributed by atoms with Gasteiger partial charge in [-0.05, 0) is 41.8 Å². The highest BCUT2D eigenvalue weighted by Gasteiger charge is 2.08. The zero-order chi connectivity index (χ0) is 15.4. The van der Waals surface area contributed by atoms with Crippen LogP contribution in [0.5, 0.6) is 0 Å². The van der Waals surface area contributed by atoms with E-state index in [0.717, 1.165) is 6.42 Å². The standard InChI is InChI=1S/C18H25N3/c1-20(2)16-9-5-14(6-10-16)13-18(19)15-7-11-17(12-8-15)21(3)4/h5-12,18H,13,19H2,1-4H3. The van der Waals surface area contributed by atoms with Gasteiger partial charge in [-0.1, -0.05) is 24.3 Å². The van der Waals surface area contributed by atoms with Gasteiger partial charge in [0, 0.05) is 45.6 Å². The smallest absolute Gasteiger partial charge is 0.0361 e. The quantitative estimate of drug-likeness (QED) is 0.915. The van der Waals surface area contributed by atoms with Crippen molar-refractivity contribution in [1.82, 2.24) is 0 Å². The van der Waals surface area contributed by atoms with Gasteiger partial charge in [0.15, 0.2) is 0 Å². The molecule has 1 atom stereocenters. The second-order valence-electron chi connectivity index (χ2n) is 5.86. The predicted octanol–water partition coefficient (Wildman–Crippen LogP) is 3.06. The molecule has 0 aliphatic rings. The topological polar surface area (TPSA) is 32.5 Å². The average molecular weight is 283 g/mol. The van der Waals surface area contributed by atoms with Crippen LogP contribution in [-0.4, -0.2) is 28.2 Å². The number of hydrogen-bond acceptors (Lipinski definition) is 3. The highest BCUT2D eigenvalue weighted by atomic mass is 15.1. The first-order valence-electron chi connectivity index (χ1n) is 7.26. The van der Waals surface area contributed by atoms with E-state index in [9.17, 15) is 0 Å². The minimum absolute atomic E-state index is 0.0337. The lowest BCUT2D eigenvalue weighted by molar-refractivity contribution is 0.722. The van der Waals surface area contributed by atoms with Gasteiger partial charge in [0.05, 0.1) is 0 Å². The van der Waals surface area contributed by atoms with E-state index in [-0.39, 0.29) is 6.04 Å². The SMILES string of the molecule is CN(C)c1ccc(CC(N)c2ccc(N(C)C)cc2)cc1. The molecule has 2 rings (SSSR count). The number of rotatable bonds is 5. The molecule has 0 aromatic heterocycles. The Morgan fingerprint density at radius 1 is 0.762 bits per heavy atom. The van der Waals surface area contributed by atoms with Crippen LogP contribution in [0.4, 0.5) is 11.4 Å². The minimum Gasteiger partial charge on any atom is -0.378 e. The van der Waals surface area contributed by atoms with Crippen LogP contribution < -0.4 is 15.5 Å². The molecular weight excluding hydrogens is 258 g/mol. The number of nitrogens with two attached hydrogens (primary N) is 1. The summed E-state index contributed by atoms with van der Waals surface area (Å²) in [5.74, 6) is 0. The van der Waals surface area contributed by atoms with Gasteiger partial charge in [-0.3, -0.25) is 0 Å². The lowest BCUT2D eigenvalue weighted by atomic mass is 9.99. The molecule has 0 saturated carbocycles. The summed E-state index contributed by atoms with van der Waals surface area (Å²) in [5, 5.41) is 0. The molecule has 3 heteroatoms. The molecule has 0 aliphatic heterocycles. The fraction of sp³-hybridized carbons (Fsp3) is 0.333. The summed E-state index contributed by atoms with van der Waals surface area (Å²) in [5.41, 5.74) is 11.2. The first kappa shape index (κ1) is 15.4. The molecule has 0 bridgehead atoms. The van der Waals surface area contributed by atoms with Crippen LogP contribution in [0.3, 0.4) is 0 Å². The van der Waals surface area contributed by atoms with Crippen molar-refractivity contribution in [1.29, 1.82) is 0 Å². The Hall–Kier alpha value is -2.00.